The standard InChI is InChI=1S/C9H19NO3/c1-2-3-4-8(9(11)12)5-6-13-7-10/h8H,2-7,10H2,1H3,(H,11,12). The van der Waals surface area contributed by atoms with E-state index in [1.165, 1.54) is 0 Å². The van der Waals surface area contributed by atoms with Gasteiger partial charge in [-0.1, -0.05) is 19.8 Å². The van der Waals surface area contributed by atoms with Crippen LogP contribution in [0.1, 0.15) is 32.6 Å². The molecular weight excluding hydrogens is 170 g/mol. The summed E-state index contributed by atoms with van der Waals surface area (Å²) in [6, 6.07) is 0. The second-order valence-electron chi connectivity index (χ2n) is 3.04. The van der Waals surface area contributed by atoms with Crippen LogP contribution in [-0.4, -0.2) is 24.4 Å². The fourth-order valence-corrected chi connectivity index (χ4v) is 1.15. The van der Waals surface area contributed by atoms with Crippen molar-refractivity contribution in [2.45, 2.75) is 32.6 Å². The summed E-state index contributed by atoms with van der Waals surface area (Å²) in [7, 11) is 0. The predicted molar refractivity (Wildman–Crippen MR) is 50.3 cm³/mol. The van der Waals surface area contributed by atoms with Gasteiger partial charge in [0.25, 0.3) is 0 Å². The number of rotatable bonds is 8. The number of hydrogen-bond donors (Lipinski definition) is 2. The average Bonchev–Trinajstić information content (AvgIpc) is 2.10. The number of aliphatic carboxylic acids is 1. The molecule has 0 radical (unpaired) electrons. The molecule has 0 aliphatic heterocycles. The van der Waals surface area contributed by atoms with Gasteiger partial charge < -0.3 is 15.6 Å². The van der Waals surface area contributed by atoms with Crippen LogP contribution in [0.2, 0.25) is 0 Å². The number of carboxylic acid groups (broad SMARTS) is 1. The molecule has 4 nitrogen and oxygen atoms in total. The lowest BCUT2D eigenvalue weighted by Gasteiger charge is -2.10. The first-order valence-electron chi connectivity index (χ1n) is 4.73. The molecule has 0 amide bonds. The van der Waals surface area contributed by atoms with E-state index in [1.54, 1.807) is 0 Å². The summed E-state index contributed by atoms with van der Waals surface area (Å²) in [5.41, 5.74) is 5.12. The van der Waals surface area contributed by atoms with Crippen molar-refractivity contribution in [1.29, 1.82) is 0 Å². The maximum absolute atomic E-state index is 10.7. The molecule has 13 heavy (non-hydrogen) atoms. The van der Waals surface area contributed by atoms with Gasteiger partial charge in [-0.15, -0.1) is 0 Å². The van der Waals surface area contributed by atoms with E-state index < -0.39 is 5.97 Å². The first-order valence-corrected chi connectivity index (χ1v) is 4.73. The van der Waals surface area contributed by atoms with Crippen LogP contribution >= 0.6 is 0 Å². The van der Waals surface area contributed by atoms with Gasteiger partial charge in [-0.3, -0.25) is 4.79 Å². The Morgan fingerprint density at radius 2 is 2.23 bits per heavy atom. The van der Waals surface area contributed by atoms with Crippen molar-refractivity contribution in [1.82, 2.24) is 0 Å². The highest BCUT2D eigenvalue weighted by Gasteiger charge is 2.15. The molecule has 4 heteroatoms. The third-order valence-corrected chi connectivity index (χ3v) is 1.98. The van der Waals surface area contributed by atoms with Crippen molar-refractivity contribution in [3.63, 3.8) is 0 Å². The van der Waals surface area contributed by atoms with E-state index in [1.807, 2.05) is 0 Å². The first kappa shape index (κ1) is 12.4. The monoisotopic (exact) mass is 189 g/mol. The Morgan fingerprint density at radius 3 is 2.69 bits per heavy atom. The van der Waals surface area contributed by atoms with Crippen LogP contribution in [0.25, 0.3) is 0 Å². The van der Waals surface area contributed by atoms with Gasteiger partial charge in [-0.2, -0.15) is 0 Å². The first-order chi connectivity index (χ1) is 6.22. The molecule has 0 rings (SSSR count). The zero-order chi connectivity index (χ0) is 10.1. The van der Waals surface area contributed by atoms with E-state index in [9.17, 15) is 4.79 Å². The molecule has 0 fully saturated rings. The van der Waals surface area contributed by atoms with Gasteiger partial charge >= 0.3 is 5.97 Å². The van der Waals surface area contributed by atoms with E-state index in [4.69, 9.17) is 15.6 Å². The largest absolute Gasteiger partial charge is 0.481 e. The van der Waals surface area contributed by atoms with Crippen molar-refractivity contribution in [2.75, 3.05) is 13.3 Å². The molecule has 0 saturated heterocycles. The third-order valence-electron chi connectivity index (χ3n) is 1.98. The molecule has 0 bridgehead atoms. The van der Waals surface area contributed by atoms with Crippen LogP contribution in [0.5, 0.6) is 0 Å². The van der Waals surface area contributed by atoms with Crippen LogP contribution in [-0.2, 0) is 9.53 Å². The van der Waals surface area contributed by atoms with Gasteiger partial charge in [0.05, 0.1) is 12.6 Å². The summed E-state index contributed by atoms with van der Waals surface area (Å²) in [6.45, 7) is 2.66. The number of unbranched alkanes of at least 4 members (excludes halogenated alkanes) is 1. The van der Waals surface area contributed by atoms with Gasteiger partial charge in [0.1, 0.15) is 0 Å². The second kappa shape index (κ2) is 8.01. The van der Waals surface area contributed by atoms with Crippen LogP contribution in [0.15, 0.2) is 0 Å². The van der Waals surface area contributed by atoms with Crippen LogP contribution in [0.3, 0.4) is 0 Å². The molecule has 0 aromatic carbocycles. The maximum atomic E-state index is 10.7. The van der Waals surface area contributed by atoms with E-state index in [0.29, 0.717) is 13.0 Å². The highest BCUT2D eigenvalue weighted by Crippen LogP contribution is 2.12. The Kier molecular flexibility index (Phi) is 7.63. The molecule has 3 N–H and O–H groups in total. The highest BCUT2D eigenvalue weighted by atomic mass is 16.5. The Morgan fingerprint density at radius 1 is 1.54 bits per heavy atom. The molecular formula is C9H19NO3. The number of nitrogens with two attached hydrogens (primary N) is 1. The minimum atomic E-state index is -0.728. The molecule has 0 saturated carbocycles. The van der Waals surface area contributed by atoms with Crippen molar-refractivity contribution >= 4 is 5.97 Å². The molecule has 0 spiro atoms. The number of carbonyl (C=O) groups is 1. The lowest BCUT2D eigenvalue weighted by atomic mass is 9.99. The summed E-state index contributed by atoms with van der Waals surface area (Å²) in [5, 5.41) is 8.81. The van der Waals surface area contributed by atoms with Gasteiger partial charge in [-0.25, -0.2) is 0 Å². The Balaban J connectivity index is 3.61. The fraction of sp³-hybridized carbons (Fsp3) is 0.889. The van der Waals surface area contributed by atoms with Crippen LogP contribution in [0.4, 0.5) is 0 Å². The Hall–Kier alpha value is -0.610. The summed E-state index contributed by atoms with van der Waals surface area (Å²) in [5.74, 6) is -0.999. The minimum absolute atomic E-state index is 0.167. The van der Waals surface area contributed by atoms with Gasteiger partial charge in [0.15, 0.2) is 0 Å². The summed E-state index contributed by atoms with van der Waals surface area (Å²) in [4.78, 5) is 10.7. The number of hydrogen-bond acceptors (Lipinski definition) is 3. The Labute approximate surface area is 79.1 Å². The van der Waals surface area contributed by atoms with Crippen molar-refractivity contribution in [3.05, 3.63) is 0 Å². The van der Waals surface area contributed by atoms with Crippen molar-refractivity contribution in [2.24, 2.45) is 11.7 Å². The minimum Gasteiger partial charge on any atom is -0.481 e. The topological polar surface area (TPSA) is 72.5 Å². The van der Waals surface area contributed by atoms with Crippen LogP contribution in [0, 0.1) is 5.92 Å². The highest BCUT2D eigenvalue weighted by molar-refractivity contribution is 5.69. The smallest absolute Gasteiger partial charge is 0.306 e. The molecule has 78 valence electrons. The summed E-state index contributed by atoms with van der Waals surface area (Å²) in [6.07, 6.45) is 3.29. The average molecular weight is 189 g/mol. The summed E-state index contributed by atoms with van der Waals surface area (Å²) < 4.78 is 4.91. The lowest BCUT2D eigenvalue weighted by molar-refractivity contribution is -0.142. The van der Waals surface area contributed by atoms with Crippen molar-refractivity contribution in [3.8, 4) is 0 Å². The molecule has 0 aromatic rings. The van der Waals surface area contributed by atoms with Gasteiger partial charge in [0, 0.05) is 6.61 Å². The zero-order valence-electron chi connectivity index (χ0n) is 8.16. The van der Waals surface area contributed by atoms with E-state index in [-0.39, 0.29) is 12.6 Å². The van der Waals surface area contributed by atoms with Crippen LogP contribution < -0.4 is 5.73 Å². The van der Waals surface area contributed by atoms with Gasteiger partial charge in [0.2, 0.25) is 0 Å². The van der Waals surface area contributed by atoms with Gasteiger partial charge in [-0.05, 0) is 12.8 Å². The molecule has 1 unspecified atom stereocenters. The SMILES string of the molecule is CCCCC(CCOCN)C(=O)O. The van der Waals surface area contributed by atoms with Crippen molar-refractivity contribution < 1.29 is 14.6 Å². The second-order valence-corrected chi connectivity index (χ2v) is 3.04. The van der Waals surface area contributed by atoms with E-state index >= 15 is 0 Å². The zero-order valence-corrected chi connectivity index (χ0v) is 8.16. The third kappa shape index (κ3) is 6.54. The predicted octanol–water partition coefficient (Wildman–Crippen LogP) is 1.20. The number of ether oxygens (including phenoxy) is 1. The maximum Gasteiger partial charge on any atom is 0.306 e. The molecule has 0 aromatic heterocycles. The molecule has 0 heterocycles. The summed E-state index contributed by atoms with van der Waals surface area (Å²) >= 11 is 0. The van der Waals surface area contributed by atoms with E-state index in [2.05, 4.69) is 6.92 Å². The Bertz CT molecular complexity index is 139. The quantitative estimate of drug-likeness (QED) is 0.444. The normalized spacial score (nSPS) is 12.8. The number of carboxylic acids is 1. The molecule has 0 aliphatic carbocycles. The van der Waals surface area contributed by atoms with E-state index in [0.717, 1.165) is 19.3 Å². The lowest BCUT2D eigenvalue weighted by Crippen LogP contribution is -2.17. The molecule has 1 atom stereocenters. The molecule has 0 aliphatic rings. The fourth-order valence-electron chi connectivity index (χ4n) is 1.15.